The maximum Gasteiger partial charge on any atom is 0.138 e. The molecule has 30 heavy (non-hydrogen) atoms. The molecular weight excluding hydrogens is 380 g/mol. The highest BCUT2D eigenvalue weighted by Crippen LogP contribution is 2.46. The first-order chi connectivity index (χ1) is 14.2. The number of rotatable bonds is 4. The Bertz CT molecular complexity index is 1130. The second-order valence-electron chi connectivity index (χ2n) is 8.65. The van der Waals surface area contributed by atoms with Crippen molar-refractivity contribution < 1.29 is 24.1 Å². The van der Waals surface area contributed by atoms with Crippen molar-refractivity contribution in [2.45, 2.75) is 52.2 Å². The topological polar surface area (TPSA) is 72.1 Å². The molecule has 5 heteroatoms. The SMILES string of the molecule is COc1cc2c(c(-c3cc4ccc(O)cc4o3)c1CC=C(C)C)C[C@H](O)C(C)(C)O2. The van der Waals surface area contributed by atoms with Crippen molar-refractivity contribution in [2.24, 2.45) is 0 Å². The standard InChI is InChI=1S/C25H28O5/c1-14(2)6-9-17-20(28-5)13-21-18(12-23(27)25(3,4)30-21)24(17)22-10-15-7-8-16(26)11-19(15)29-22/h6-8,10-11,13,23,26-27H,9,12H2,1-5H3/t23-/m0/s1. The molecule has 1 aliphatic heterocycles. The number of allylic oxidation sites excluding steroid dienone is 2. The van der Waals surface area contributed by atoms with Gasteiger partial charge in [0.25, 0.3) is 0 Å². The van der Waals surface area contributed by atoms with Crippen LogP contribution >= 0.6 is 0 Å². The first-order valence-electron chi connectivity index (χ1n) is 10.2. The number of phenols is 1. The molecule has 1 aromatic heterocycles. The summed E-state index contributed by atoms with van der Waals surface area (Å²) in [7, 11) is 1.65. The van der Waals surface area contributed by atoms with E-state index in [0.717, 1.165) is 27.8 Å². The number of hydrogen-bond donors (Lipinski definition) is 2. The van der Waals surface area contributed by atoms with E-state index in [1.54, 1.807) is 19.2 Å². The Morgan fingerprint density at radius 2 is 2.00 bits per heavy atom. The third-order valence-corrected chi connectivity index (χ3v) is 5.72. The van der Waals surface area contributed by atoms with Crippen LogP contribution < -0.4 is 9.47 Å². The summed E-state index contributed by atoms with van der Waals surface area (Å²) in [5.41, 5.74) is 3.88. The Labute approximate surface area is 176 Å². The summed E-state index contributed by atoms with van der Waals surface area (Å²) in [5.74, 6) is 2.23. The molecule has 0 fully saturated rings. The summed E-state index contributed by atoms with van der Waals surface area (Å²) in [4.78, 5) is 0. The lowest BCUT2D eigenvalue weighted by atomic mass is 9.85. The molecule has 5 nitrogen and oxygen atoms in total. The number of furan rings is 1. The van der Waals surface area contributed by atoms with Gasteiger partial charge in [-0.05, 0) is 52.3 Å². The van der Waals surface area contributed by atoms with Crippen molar-refractivity contribution in [3.05, 3.63) is 53.1 Å². The first-order valence-corrected chi connectivity index (χ1v) is 10.2. The van der Waals surface area contributed by atoms with Crippen molar-refractivity contribution in [1.82, 2.24) is 0 Å². The van der Waals surface area contributed by atoms with Crippen LogP contribution in [-0.4, -0.2) is 29.0 Å². The Balaban J connectivity index is 2.00. The van der Waals surface area contributed by atoms with E-state index in [1.165, 1.54) is 5.57 Å². The molecule has 0 bridgehead atoms. The Hall–Kier alpha value is -2.92. The van der Waals surface area contributed by atoms with Crippen LogP contribution in [0.5, 0.6) is 17.2 Å². The lowest BCUT2D eigenvalue weighted by Gasteiger charge is -2.38. The Morgan fingerprint density at radius 1 is 1.23 bits per heavy atom. The average molecular weight is 408 g/mol. The van der Waals surface area contributed by atoms with Crippen LogP contribution in [0.3, 0.4) is 0 Å². The average Bonchev–Trinajstić information content (AvgIpc) is 3.08. The number of benzene rings is 2. The zero-order valence-electron chi connectivity index (χ0n) is 18.1. The van der Waals surface area contributed by atoms with Crippen LogP contribution in [0.25, 0.3) is 22.3 Å². The van der Waals surface area contributed by atoms with Gasteiger partial charge in [-0.3, -0.25) is 0 Å². The molecule has 0 amide bonds. The number of aliphatic hydroxyl groups is 1. The van der Waals surface area contributed by atoms with E-state index < -0.39 is 11.7 Å². The van der Waals surface area contributed by atoms with Gasteiger partial charge < -0.3 is 24.1 Å². The van der Waals surface area contributed by atoms with Crippen LogP contribution in [0, 0.1) is 0 Å². The van der Waals surface area contributed by atoms with E-state index in [0.29, 0.717) is 29.9 Å². The number of fused-ring (bicyclic) bond motifs is 2. The molecule has 2 heterocycles. The quantitative estimate of drug-likeness (QED) is 0.566. The minimum Gasteiger partial charge on any atom is -0.508 e. The normalized spacial score (nSPS) is 17.3. The van der Waals surface area contributed by atoms with Gasteiger partial charge >= 0.3 is 0 Å². The fraction of sp³-hybridized carbons (Fsp3) is 0.360. The predicted octanol–water partition coefficient (Wildman–Crippen LogP) is 5.40. The van der Waals surface area contributed by atoms with E-state index >= 15 is 0 Å². The van der Waals surface area contributed by atoms with Gasteiger partial charge in [0, 0.05) is 40.6 Å². The summed E-state index contributed by atoms with van der Waals surface area (Å²) in [5, 5.41) is 21.5. The van der Waals surface area contributed by atoms with Gasteiger partial charge in [-0.25, -0.2) is 0 Å². The second-order valence-corrected chi connectivity index (χ2v) is 8.65. The molecule has 0 radical (unpaired) electrons. The van der Waals surface area contributed by atoms with Gasteiger partial charge in [-0.2, -0.15) is 0 Å². The summed E-state index contributed by atoms with van der Waals surface area (Å²) in [6.45, 7) is 7.88. The highest BCUT2D eigenvalue weighted by molar-refractivity contribution is 5.86. The molecule has 158 valence electrons. The van der Waals surface area contributed by atoms with Crippen molar-refractivity contribution >= 4 is 11.0 Å². The maximum atomic E-state index is 10.7. The fourth-order valence-electron chi connectivity index (χ4n) is 3.94. The minimum atomic E-state index is -0.698. The van der Waals surface area contributed by atoms with Gasteiger partial charge in [-0.1, -0.05) is 11.6 Å². The number of phenolic OH excluding ortho intramolecular Hbond substituents is 1. The Morgan fingerprint density at radius 3 is 2.70 bits per heavy atom. The zero-order chi connectivity index (χ0) is 21.6. The molecule has 2 N–H and O–H groups in total. The van der Waals surface area contributed by atoms with E-state index in [9.17, 15) is 10.2 Å². The molecule has 0 aliphatic carbocycles. The zero-order valence-corrected chi connectivity index (χ0v) is 18.1. The van der Waals surface area contributed by atoms with Crippen molar-refractivity contribution in [2.75, 3.05) is 7.11 Å². The molecule has 0 saturated heterocycles. The molecule has 0 spiro atoms. The second kappa shape index (κ2) is 7.40. The van der Waals surface area contributed by atoms with E-state index in [2.05, 4.69) is 19.9 Å². The third-order valence-electron chi connectivity index (χ3n) is 5.72. The number of aromatic hydroxyl groups is 1. The van der Waals surface area contributed by atoms with E-state index in [-0.39, 0.29) is 5.75 Å². The summed E-state index contributed by atoms with van der Waals surface area (Å²) in [6.07, 6.45) is 2.61. The number of hydrogen-bond acceptors (Lipinski definition) is 5. The highest BCUT2D eigenvalue weighted by Gasteiger charge is 2.38. The molecule has 2 aromatic carbocycles. The molecule has 0 unspecified atom stereocenters. The highest BCUT2D eigenvalue weighted by atomic mass is 16.5. The van der Waals surface area contributed by atoms with Crippen LogP contribution in [0.4, 0.5) is 0 Å². The molecule has 1 aliphatic rings. The lowest BCUT2D eigenvalue weighted by molar-refractivity contribution is -0.0411. The fourth-order valence-corrected chi connectivity index (χ4v) is 3.94. The van der Waals surface area contributed by atoms with Crippen LogP contribution in [-0.2, 0) is 12.8 Å². The van der Waals surface area contributed by atoms with E-state index in [4.69, 9.17) is 13.9 Å². The predicted molar refractivity (Wildman–Crippen MR) is 117 cm³/mol. The summed E-state index contributed by atoms with van der Waals surface area (Å²) < 4.78 is 18.1. The minimum absolute atomic E-state index is 0.154. The van der Waals surface area contributed by atoms with Gasteiger partial charge in [-0.15, -0.1) is 0 Å². The van der Waals surface area contributed by atoms with Gasteiger partial charge in [0.2, 0.25) is 0 Å². The van der Waals surface area contributed by atoms with E-state index in [1.807, 2.05) is 32.0 Å². The summed E-state index contributed by atoms with van der Waals surface area (Å²) in [6, 6.07) is 8.95. The maximum absolute atomic E-state index is 10.7. The monoisotopic (exact) mass is 408 g/mol. The Kier molecular flexibility index (Phi) is 5.02. The lowest BCUT2D eigenvalue weighted by Crippen LogP contribution is -2.46. The smallest absolute Gasteiger partial charge is 0.138 e. The molecule has 4 rings (SSSR count). The third kappa shape index (κ3) is 3.54. The largest absolute Gasteiger partial charge is 0.508 e. The van der Waals surface area contributed by atoms with Crippen molar-refractivity contribution in [1.29, 1.82) is 0 Å². The molecule has 0 saturated carbocycles. The molecular formula is C25H28O5. The number of aliphatic hydroxyl groups excluding tert-OH is 1. The van der Waals surface area contributed by atoms with Crippen LogP contribution in [0.15, 0.2) is 46.4 Å². The summed E-state index contributed by atoms with van der Waals surface area (Å²) >= 11 is 0. The van der Waals surface area contributed by atoms with Gasteiger partial charge in [0.05, 0.1) is 13.2 Å². The first kappa shape index (κ1) is 20.4. The van der Waals surface area contributed by atoms with Crippen molar-refractivity contribution in [3.8, 4) is 28.6 Å². The number of methoxy groups -OCH3 is 1. The van der Waals surface area contributed by atoms with Crippen molar-refractivity contribution in [3.63, 3.8) is 0 Å². The van der Waals surface area contributed by atoms with Gasteiger partial charge in [0.1, 0.15) is 34.2 Å². The van der Waals surface area contributed by atoms with Gasteiger partial charge in [0.15, 0.2) is 0 Å². The number of ether oxygens (including phenoxy) is 2. The molecule has 1 atom stereocenters. The molecule has 3 aromatic rings. The van der Waals surface area contributed by atoms with Crippen LogP contribution in [0.2, 0.25) is 0 Å². The van der Waals surface area contributed by atoms with Crippen LogP contribution in [0.1, 0.15) is 38.8 Å².